The first-order chi connectivity index (χ1) is 11.2. The molecule has 3 rings (SSSR count). The number of carbonyl (C=O) groups is 1. The number of aromatic nitrogens is 4. The lowest BCUT2D eigenvalue weighted by Gasteiger charge is -1.97. The summed E-state index contributed by atoms with van der Waals surface area (Å²) >= 11 is 0. The molecule has 24 heavy (non-hydrogen) atoms. The molecule has 3 aromatic rings. The maximum Gasteiger partial charge on any atom is 0.335 e. The van der Waals surface area contributed by atoms with E-state index in [4.69, 9.17) is 15.3 Å². The third-order valence-electron chi connectivity index (χ3n) is 3.20. The average Bonchev–Trinajstić information content (AvgIpc) is 2.91. The zero-order valence-electron chi connectivity index (χ0n) is 12.7. The van der Waals surface area contributed by atoms with Gasteiger partial charge in [-0.3, -0.25) is 14.3 Å². The van der Waals surface area contributed by atoms with Gasteiger partial charge in [-0.2, -0.15) is 0 Å². The van der Waals surface area contributed by atoms with Crippen LogP contribution in [0.5, 0.6) is 11.5 Å². The van der Waals surface area contributed by atoms with Gasteiger partial charge in [0.05, 0.1) is 11.9 Å². The Morgan fingerprint density at radius 1 is 1.17 bits per heavy atom. The summed E-state index contributed by atoms with van der Waals surface area (Å²) in [6.45, 7) is 0. The van der Waals surface area contributed by atoms with Crippen LogP contribution in [-0.4, -0.2) is 40.4 Å². The predicted molar refractivity (Wildman–Crippen MR) is 83.3 cm³/mol. The van der Waals surface area contributed by atoms with Gasteiger partial charge in [-0.15, -0.1) is 0 Å². The van der Waals surface area contributed by atoms with Gasteiger partial charge in [-0.1, -0.05) is 0 Å². The first-order valence-corrected chi connectivity index (χ1v) is 6.58. The molecule has 126 valence electrons. The molecule has 10 nitrogen and oxygen atoms in total. The summed E-state index contributed by atoms with van der Waals surface area (Å²) in [4.78, 5) is 38.8. The van der Waals surface area contributed by atoms with E-state index in [0.717, 1.165) is 12.1 Å². The van der Waals surface area contributed by atoms with Gasteiger partial charge in [0.25, 0.3) is 5.56 Å². The molecule has 0 saturated heterocycles. The largest absolute Gasteiger partial charge is 0.504 e. The van der Waals surface area contributed by atoms with E-state index in [0.29, 0.717) is 11.2 Å². The quantitative estimate of drug-likeness (QED) is 0.448. The molecule has 0 aliphatic rings. The van der Waals surface area contributed by atoms with Crippen molar-refractivity contribution in [2.24, 2.45) is 14.1 Å². The highest BCUT2D eigenvalue weighted by Gasteiger charge is 2.08. The summed E-state index contributed by atoms with van der Waals surface area (Å²) in [7, 11) is 3.27. The van der Waals surface area contributed by atoms with Crippen molar-refractivity contribution in [1.82, 2.24) is 19.1 Å². The number of imidazole rings is 1. The molecule has 0 bridgehead atoms. The lowest BCUT2D eigenvalue weighted by Crippen LogP contribution is -2.28. The topological polar surface area (TPSA) is 150 Å². The zero-order valence-corrected chi connectivity index (χ0v) is 12.7. The van der Waals surface area contributed by atoms with Crippen LogP contribution in [0.1, 0.15) is 10.4 Å². The lowest BCUT2D eigenvalue weighted by atomic mass is 10.2. The fourth-order valence-corrected chi connectivity index (χ4v) is 1.92. The van der Waals surface area contributed by atoms with Gasteiger partial charge in [0, 0.05) is 14.1 Å². The van der Waals surface area contributed by atoms with Crippen LogP contribution in [0.4, 0.5) is 0 Å². The maximum atomic E-state index is 11.3. The van der Waals surface area contributed by atoms with Crippen molar-refractivity contribution in [2.75, 3.05) is 0 Å². The highest BCUT2D eigenvalue weighted by atomic mass is 16.4. The third kappa shape index (κ3) is 3.11. The second kappa shape index (κ2) is 6.28. The molecule has 0 radical (unpaired) electrons. The van der Waals surface area contributed by atoms with Gasteiger partial charge in [-0.25, -0.2) is 14.6 Å². The molecule has 10 heteroatoms. The molecule has 0 amide bonds. The fraction of sp³-hybridized carbons (Fsp3) is 0.143. The van der Waals surface area contributed by atoms with Crippen molar-refractivity contribution in [3.8, 4) is 11.5 Å². The van der Waals surface area contributed by atoms with Gasteiger partial charge in [0.1, 0.15) is 0 Å². The van der Waals surface area contributed by atoms with E-state index < -0.39 is 23.0 Å². The van der Waals surface area contributed by atoms with Gasteiger partial charge >= 0.3 is 11.7 Å². The molecule has 0 fully saturated rings. The number of nitrogens with one attached hydrogen (secondary N) is 1. The fourth-order valence-electron chi connectivity index (χ4n) is 1.92. The van der Waals surface area contributed by atoms with E-state index >= 15 is 0 Å². The second-order valence-corrected chi connectivity index (χ2v) is 4.85. The number of phenols is 2. The number of H-pyrrole nitrogens is 1. The number of fused-ring (bicyclic) bond motifs is 1. The van der Waals surface area contributed by atoms with Crippen LogP contribution in [-0.2, 0) is 14.1 Å². The molecule has 0 aliphatic heterocycles. The molecule has 0 atom stereocenters. The maximum absolute atomic E-state index is 11.3. The van der Waals surface area contributed by atoms with Crippen LogP contribution in [0, 0.1) is 0 Å². The predicted octanol–water partition coefficient (Wildman–Crippen LogP) is -0.244. The molecule has 0 spiro atoms. The van der Waals surface area contributed by atoms with E-state index in [1.807, 2.05) is 0 Å². The Hall–Kier alpha value is -3.56. The monoisotopic (exact) mass is 334 g/mol. The number of aromatic hydroxyl groups is 2. The summed E-state index contributed by atoms with van der Waals surface area (Å²) in [5.41, 5.74) is -0.104. The number of hydrogen-bond acceptors (Lipinski definition) is 6. The summed E-state index contributed by atoms with van der Waals surface area (Å²) in [5.74, 6) is -1.89. The standard InChI is InChI=1S/C7H8N4O2.C7H6O4/c1-10-3-8-5-4(10)6(12)9-7(13)11(5)2;8-5-2-1-4(7(10)11)3-6(5)9/h3H,1-2H3,(H,9,12,13);1-3,8-9H,(H,10,11). The van der Waals surface area contributed by atoms with Crippen LogP contribution in [0.15, 0.2) is 34.1 Å². The molecule has 4 N–H and O–H groups in total. The number of carboxylic acids is 1. The minimum atomic E-state index is -1.14. The molecule has 0 saturated carbocycles. The SMILES string of the molecule is Cn1cnc2c1c(=O)[nH]c(=O)n2C.O=C(O)c1ccc(O)c(O)c1. The lowest BCUT2D eigenvalue weighted by molar-refractivity contribution is 0.0696. The molecular weight excluding hydrogens is 320 g/mol. The minimum absolute atomic E-state index is 0.0553. The summed E-state index contributed by atoms with van der Waals surface area (Å²) in [5, 5.41) is 26.0. The van der Waals surface area contributed by atoms with Crippen molar-refractivity contribution < 1.29 is 20.1 Å². The number of benzene rings is 1. The van der Waals surface area contributed by atoms with E-state index in [1.165, 1.54) is 17.0 Å². The normalized spacial score (nSPS) is 10.2. The van der Waals surface area contributed by atoms with E-state index in [2.05, 4.69) is 9.97 Å². The summed E-state index contributed by atoms with van der Waals surface area (Å²) < 4.78 is 2.88. The van der Waals surface area contributed by atoms with Crippen LogP contribution in [0.2, 0.25) is 0 Å². The van der Waals surface area contributed by atoms with Crippen LogP contribution >= 0.6 is 0 Å². The van der Waals surface area contributed by atoms with Crippen LogP contribution in [0.25, 0.3) is 11.2 Å². The van der Waals surface area contributed by atoms with E-state index in [-0.39, 0.29) is 11.3 Å². The van der Waals surface area contributed by atoms with E-state index in [1.54, 1.807) is 18.7 Å². The summed E-state index contributed by atoms with van der Waals surface area (Å²) in [6.07, 6.45) is 1.50. The molecule has 1 aromatic carbocycles. The Morgan fingerprint density at radius 2 is 1.83 bits per heavy atom. The smallest absolute Gasteiger partial charge is 0.335 e. The first-order valence-electron chi connectivity index (χ1n) is 6.58. The zero-order chi connectivity index (χ0) is 18.0. The number of nitrogens with zero attached hydrogens (tertiary/aromatic N) is 3. The van der Waals surface area contributed by atoms with Crippen LogP contribution < -0.4 is 11.2 Å². The first kappa shape index (κ1) is 16.8. The Bertz CT molecular complexity index is 1030. The number of phenolic OH excluding ortho intramolecular Hbond substituents is 2. The molecule has 2 aromatic heterocycles. The average molecular weight is 334 g/mol. The number of aromatic carboxylic acids is 1. The van der Waals surface area contributed by atoms with Gasteiger partial charge in [-0.05, 0) is 18.2 Å². The Balaban J connectivity index is 0.000000177. The third-order valence-corrected chi connectivity index (χ3v) is 3.20. The summed E-state index contributed by atoms with van der Waals surface area (Å²) in [6, 6.07) is 3.31. The number of hydrogen-bond donors (Lipinski definition) is 4. The Labute approximate surface area is 133 Å². The van der Waals surface area contributed by atoms with Crippen molar-refractivity contribution in [2.45, 2.75) is 0 Å². The number of aryl methyl sites for hydroxylation is 2. The Kier molecular flexibility index (Phi) is 4.40. The molecule has 2 heterocycles. The highest BCUT2D eigenvalue weighted by Crippen LogP contribution is 2.24. The van der Waals surface area contributed by atoms with Crippen molar-refractivity contribution >= 4 is 17.1 Å². The number of carboxylic acid groups (broad SMARTS) is 1. The highest BCUT2D eigenvalue weighted by molar-refractivity contribution is 5.88. The van der Waals surface area contributed by atoms with Gasteiger partial charge < -0.3 is 19.9 Å². The number of rotatable bonds is 1. The van der Waals surface area contributed by atoms with Gasteiger partial charge in [0.15, 0.2) is 22.7 Å². The second-order valence-electron chi connectivity index (χ2n) is 4.85. The van der Waals surface area contributed by atoms with Crippen molar-refractivity contribution in [1.29, 1.82) is 0 Å². The van der Waals surface area contributed by atoms with Crippen molar-refractivity contribution in [3.05, 3.63) is 50.9 Å². The molecular formula is C14H14N4O6. The minimum Gasteiger partial charge on any atom is -0.504 e. The molecule has 0 aliphatic carbocycles. The van der Waals surface area contributed by atoms with E-state index in [9.17, 15) is 14.4 Å². The molecule has 0 unspecified atom stereocenters. The Morgan fingerprint density at radius 3 is 2.42 bits per heavy atom. The van der Waals surface area contributed by atoms with Gasteiger partial charge in [0.2, 0.25) is 0 Å². The number of aromatic amines is 1. The van der Waals surface area contributed by atoms with Crippen LogP contribution in [0.3, 0.4) is 0 Å². The van der Waals surface area contributed by atoms with Crippen molar-refractivity contribution in [3.63, 3.8) is 0 Å².